The number of carbonyl (C=O) groups excluding carboxylic acids is 1. The van der Waals surface area contributed by atoms with E-state index in [1.54, 1.807) is 0 Å². The topological polar surface area (TPSA) is 95.6 Å². The molecule has 0 aromatic rings. The first-order chi connectivity index (χ1) is 6.84. The molecule has 5 heteroatoms. The summed E-state index contributed by atoms with van der Waals surface area (Å²) in [5, 5.41) is 20.7. The molecular weight excluding hydrogens is 196 g/mol. The molecule has 0 radical (unpaired) electrons. The van der Waals surface area contributed by atoms with Crippen LogP contribution in [-0.4, -0.2) is 40.9 Å². The zero-order chi connectivity index (χ0) is 12.1. The van der Waals surface area contributed by atoms with Gasteiger partial charge in [-0.2, -0.15) is 0 Å². The van der Waals surface area contributed by atoms with Gasteiger partial charge >= 0.3 is 0 Å². The molecule has 0 aliphatic carbocycles. The minimum atomic E-state index is -1.29. The Balaban J connectivity index is 4.04. The lowest BCUT2D eigenvalue weighted by Gasteiger charge is -2.23. The van der Waals surface area contributed by atoms with Crippen LogP contribution in [0.15, 0.2) is 0 Å². The Kier molecular flexibility index (Phi) is 5.79. The minimum absolute atomic E-state index is 0.00642. The second-order valence-electron chi connectivity index (χ2n) is 4.28. The molecule has 5 nitrogen and oxygen atoms in total. The largest absolute Gasteiger partial charge is 0.393 e. The van der Waals surface area contributed by atoms with Gasteiger partial charge in [-0.1, -0.05) is 20.3 Å². The van der Waals surface area contributed by atoms with Crippen LogP contribution in [0.25, 0.3) is 0 Å². The van der Waals surface area contributed by atoms with Crippen LogP contribution in [-0.2, 0) is 4.79 Å². The maximum Gasteiger partial charge on any atom is 0.237 e. The van der Waals surface area contributed by atoms with Crippen molar-refractivity contribution < 1.29 is 15.0 Å². The number of carbonyl (C=O) groups is 1. The van der Waals surface area contributed by atoms with Crippen molar-refractivity contribution in [3.8, 4) is 0 Å². The van der Waals surface area contributed by atoms with Crippen LogP contribution >= 0.6 is 0 Å². The van der Waals surface area contributed by atoms with Crippen LogP contribution in [0, 0.1) is 5.92 Å². The van der Waals surface area contributed by atoms with Crippen LogP contribution in [0.5, 0.6) is 0 Å². The first kappa shape index (κ1) is 14.3. The molecule has 0 fully saturated rings. The SMILES string of the molecule is CC[C@H](C)[C@H](N)C(=O)NCC(C)(O)CO. The Hall–Kier alpha value is -0.650. The maximum absolute atomic E-state index is 11.5. The minimum Gasteiger partial charge on any atom is -0.393 e. The van der Waals surface area contributed by atoms with Crippen molar-refractivity contribution in [2.24, 2.45) is 11.7 Å². The highest BCUT2D eigenvalue weighted by molar-refractivity contribution is 5.81. The van der Waals surface area contributed by atoms with Crippen molar-refractivity contribution in [1.82, 2.24) is 5.32 Å². The predicted molar refractivity (Wildman–Crippen MR) is 58.1 cm³/mol. The fourth-order valence-corrected chi connectivity index (χ4v) is 0.964. The second kappa shape index (κ2) is 6.05. The van der Waals surface area contributed by atoms with Gasteiger partial charge in [-0.05, 0) is 12.8 Å². The summed E-state index contributed by atoms with van der Waals surface area (Å²) in [6.07, 6.45) is 0.824. The van der Waals surface area contributed by atoms with Crippen LogP contribution in [0.1, 0.15) is 27.2 Å². The van der Waals surface area contributed by atoms with Crippen molar-refractivity contribution in [3.63, 3.8) is 0 Å². The lowest BCUT2D eigenvalue weighted by molar-refractivity contribution is -0.124. The quantitative estimate of drug-likeness (QED) is 0.470. The van der Waals surface area contributed by atoms with E-state index in [9.17, 15) is 9.90 Å². The molecular formula is C10H22N2O3. The van der Waals surface area contributed by atoms with Gasteiger partial charge in [-0.25, -0.2) is 0 Å². The average Bonchev–Trinajstić information content (AvgIpc) is 2.23. The molecule has 90 valence electrons. The summed E-state index contributed by atoms with van der Waals surface area (Å²) in [6, 6.07) is -0.565. The van der Waals surface area contributed by atoms with E-state index in [2.05, 4.69) is 5.32 Å². The summed E-state index contributed by atoms with van der Waals surface area (Å²) < 4.78 is 0. The van der Waals surface area contributed by atoms with Gasteiger partial charge < -0.3 is 21.3 Å². The van der Waals surface area contributed by atoms with E-state index in [1.807, 2.05) is 13.8 Å². The molecule has 0 rings (SSSR count). The third-order valence-electron chi connectivity index (χ3n) is 2.54. The second-order valence-corrected chi connectivity index (χ2v) is 4.28. The highest BCUT2D eigenvalue weighted by atomic mass is 16.3. The third-order valence-corrected chi connectivity index (χ3v) is 2.54. The van der Waals surface area contributed by atoms with Gasteiger partial charge in [-0.15, -0.1) is 0 Å². The Morgan fingerprint density at radius 2 is 2.13 bits per heavy atom. The first-order valence-electron chi connectivity index (χ1n) is 5.20. The summed E-state index contributed by atoms with van der Waals surface area (Å²) in [7, 11) is 0. The van der Waals surface area contributed by atoms with Gasteiger partial charge in [0.1, 0.15) is 5.60 Å². The van der Waals surface area contributed by atoms with Gasteiger partial charge in [0.15, 0.2) is 0 Å². The first-order valence-corrected chi connectivity index (χ1v) is 5.20. The van der Waals surface area contributed by atoms with Gasteiger partial charge in [-0.3, -0.25) is 4.79 Å². The summed E-state index contributed by atoms with van der Waals surface area (Å²) in [4.78, 5) is 11.5. The van der Waals surface area contributed by atoms with Crippen molar-refractivity contribution in [2.75, 3.05) is 13.2 Å². The number of hydrogen-bond acceptors (Lipinski definition) is 4. The number of rotatable bonds is 6. The molecule has 15 heavy (non-hydrogen) atoms. The molecule has 0 bridgehead atoms. The zero-order valence-corrected chi connectivity index (χ0v) is 9.66. The van der Waals surface area contributed by atoms with Crippen LogP contribution in [0.3, 0.4) is 0 Å². The van der Waals surface area contributed by atoms with Crippen molar-refractivity contribution in [2.45, 2.75) is 38.8 Å². The van der Waals surface area contributed by atoms with E-state index in [-0.39, 0.29) is 18.4 Å². The molecule has 0 spiro atoms. The Morgan fingerprint density at radius 1 is 1.60 bits per heavy atom. The molecule has 5 N–H and O–H groups in total. The van der Waals surface area contributed by atoms with E-state index < -0.39 is 18.2 Å². The fourth-order valence-electron chi connectivity index (χ4n) is 0.964. The van der Waals surface area contributed by atoms with Crippen molar-refractivity contribution >= 4 is 5.91 Å². The molecule has 3 atom stereocenters. The van der Waals surface area contributed by atoms with Gasteiger partial charge in [0.25, 0.3) is 0 Å². The van der Waals surface area contributed by atoms with Crippen molar-refractivity contribution in [3.05, 3.63) is 0 Å². The van der Waals surface area contributed by atoms with Crippen molar-refractivity contribution in [1.29, 1.82) is 0 Å². The fraction of sp³-hybridized carbons (Fsp3) is 0.900. The van der Waals surface area contributed by atoms with Crippen LogP contribution in [0.4, 0.5) is 0 Å². The highest BCUT2D eigenvalue weighted by Gasteiger charge is 2.23. The molecule has 1 unspecified atom stereocenters. The van der Waals surface area contributed by atoms with E-state index in [1.165, 1.54) is 6.92 Å². The number of aliphatic hydroxyl groups excluding tert-OH is 1. The number of amides is 1. The maximum atomic E-state index is 11.5. The Morgan fingerprint density at radius 3 is 2.53 bits per heavy atom. The van der Waals surface area contributed by atoms with Gasteiger partial charge in [0, 0.05) is 6.54 Å². The normalized spacial score (nSPS) is 19.1. The highest BCUT2D eigenvalue weighted by Crippen LogP contribution is 2.06. The molecule has 0 heterocycles. The summed E-state index contributed by atoms with van der Waals surface area (Å²) >= 11 is 0. The molecule has 0 saturated heterocycles. The average molecular weight is 218 g/mol. The third kappa shape index (κ3) is 5.11. The monoisotopic (exact) mass is 218 g/mol. The van der Waals surface area contributed by atoms with Crippen LogP contribution in [0.2, 0.25) is 0 Å². The lowest BCUT2D eigenvalue weighted by Crippen LogP contribution is -2.50. The van der Waals surface area contributed by atoms with E-state index in [0.29, 0.717) is 0 Å². The predicted octanol–water partition coefficient (Wildman–Crippen LogP) is -0.781. The zero-order valence-electron chi connectivity index (χ0n) is 9.66. The molecule has 0 saturated carbocycles. The van der Waals surface area contributed by atoms with Gasteiger partial charge in [0.05, 0.1) is 12.6 Å². The summed E-state index contributed by atoms with van der Waals surface area (Å²) in [5.74, 6) is -0.192. The van der Waals surface area contributed by atoms with Crippen LogP contribution < -0.4 is 11.1 Å². The van der Waals surface area contributed by atoms with E-state index >= 15 is 0 Å². The number of aliphatic hydroxyl groups is 2. The van der Waals surface area contributed by atoms with E-state index in [4.69, 9.17) is 10.8 Å². The lowest BCUT2D eigenvalue weighted by atomic mass is 9.99. The molecule has 0 aliphatic rings. The molecule has 0 aliphatic heterocycles. The Labute approximate surface area is 90.7 Å². The Bertz CT molecular complexity index is 207. The summed E-state index contributed by atoms with van der Waals surface area (Å²) in [5.41, 5.74) is 4.40. The standard InChI is InChI=1S/C10H22N2O3/c1-4-7(2)8(11)9(14)12-5-10(3,15)6-13/h7-8,13,15H,4-6,11H2,1-3H3,(H,12,14)/t7-,8-,10?/m0/s1. The molecule has 0 aromatic carbocycles. The van der Waals surface area contributed by atoms with Gasteiger partial charge in [0.2, 0.25) is 5.91 Å². The molecule has 1 amide bonds. The number of hydrogen-bond donors (Lipinski definition) is 4. The number of nitrogens with two attached hydrogens (primary N) is 1. The smallest absolute Gasteiger partial charge is 0.237 e. The van der Waals surface area contributed by atoms with E-state index in [0.717, 1.165) is 6.42 Å². The summed E-state index contributed by atoms with van der Waals surface area (Å²) in [6.45, 7) is 4.91. The number of nitrogens with one attached hydrogen (secondary N) is 1. The molecule has 0 aromatic heterocycles.